The van der Waals surface area contributed by atoms with Gasteiger partial charge in [0.1, 0.15) is 0 Å². The molecule has 14 heavy (non-hydrogen) atoms. The van der Waals surface area contributed by atoms with E-state index in [0.717, 1.165) is 4.61 Å². The third kappa shape index (κ3) is 2.66. The Labute approximate surface area is 97.7 Å². The van der Waals surface area contributed by atoms with Crippen molar-refractivity contribution in [1.29, 1.82) is 0 Å². The molecule has 0 bridgehead atoms. The maximum absolute atomic E-state index is 5.80. The summed E-state index contributed by atoms with van der Waals surface area (Å²) in [5, 5.41) is 0.493. The van der Waals surface area contributed by atoms with Crippen molar-refractivity contribution in [3.63, 3.8) is 0 Å². The van der Waals surface area contributed by atoms with Crippen molar-refractivity contribution in [2.45, 2.75) is 16.4 Å². The Bertz CT molecular complexity index is 266. The molecule has 2 heterocycles. The van der Waals surface area contributed by atoms with Gasteiger partial charge in [-0.25, -0.2) is 0 Å². The number of hydrogen-bond acceptors (Lipinski definition) is 3. The van der Waals surface area contributed by atoms with Gasteiger partial charge in [0.25, 0.3) is 0 Å². The molecule has 0 aromatic heterocycles. The number of quaternary nitrogens is 1. The second-order valence-corrected chi connectivity index (χ2v) is 6.33. The Morgan fingerprint density at radius 3 is 3.29 bits per heavy atom. The Hall–Kier alpha value is 0.310. The fourth-order valence-electron chi connectivity index (χ4n) is 1.21. The number of dihydropyridines is 1. The third-order valence-electron chi connectivity index (χ3n) is 1.95. The number of alkyl halides is 2. The van der Waals surface area contributed by atoms with Crippen LogP contribution >= 0.6 is 11.6 Å². The summed E-state index contributed by atoms with van der Waals surface area (Å²) in [6.07, 6.45) is 3.46. The van der Waals surface area contributed by atoms with Gasteiger partial charge >= 0.3 is 97.9 Å². The van der Waals surface area contributed by atoms with Crippen molar-refractivity contribution >= 4 is 16.8 Å². The number of ether oxygens (including phenoxy) is 2. The zero-order chi connectivity index (χ0) is 9.97. The Kier molecular flexibility index (Phi) is 3.78. The summed E-state index contributed by atoms with van der Waals surface area (Å²) in [5.41, 5.74) is 3.95. The number of aliphatic imine (C=N–C) groups is 1. The molecule has 2 rings (SSSR count). The zero-order valence-corrected chi connectivity index (χ0v) is 10.4. The summed E-state index contributed by atoms with van der Waals surface area (Å²) in [7, 11) is 0. The van der Waals surface area contributed by atoms with Crippen molar-refractivity contribution in [3.05, 3.63) is 12.2 Å². The Morgan fingerprint density at radius 1 is 1.71 bits per heavy atom. The summed E-state index contributed by atoms with van der Waals surface area (Å²) >= 11 is 5.80. The average Bonchev–Trinajstić information content (AvgIpc) is 2.64. The second kappa shape index (κ2) is 4.89. The molecule has 2 aliphatic heterocycles. The standard InChI is InChI=1S/C8H11ClIN2O2/c9-6-2-1-5(11)8(12-6)14-7-3-13-4-10-7/h1-2,5,7-8H,3-4,11H2/q-1/p+1. The molecule has 80 valence electrons. The van der Waals surface area contributed by atoms with Gasteiger partial charge in [0.05, 0.1) is 0 Å². The molecule has 3 N–H and O–H groups in total. The van der Waals surface area contributed by atoms with Gasteiger partial charge in [-0.15, -0.1) is 0 Å². The van der Waals surface area contributed by atoms with Gasteiger partial charge in [0.15, 0.2) is 0 Å². The Morgan fingerprint density at radius 2 is 2.57 bits per heavy atom. The van der Waals surface area contributed by atoms with E-state index in [2.05, 4.69) is 10.7 Å². The van der Waals surface area contributed by atoms with Crippen LogP contribution in [0.25, 0.3) is 0 Å². The molecule has 0 aliphatic carbocycles. The van der Waals surface area contributed by atoms with Crippen molar-refractivity contribution < 1.29 is 36.4 Å². The molecular weight excluding hydrogens is 318 g/mol. The van der Waals surface area contributed by atoms with Crippen LogP contribution in [-0.2, 0) is 9.47 Å². The van der Waals surface area contributed by atoms with E-state index in [1.54, 1.807) is 6.08 Å². The number of rotatable bonds is 2. The molecule has 4 nitrogen and oxygen atoms in total. The van der Waals surface area contributed by atoms with Crippen molar-refractivity contribution in [3.8, 4) is 0 Å². The van der Waals surface area contributed by atoms with Gasteiger partial charge in [0.2, 0.25) is 0 Å². The molecule has 0 aromatic rings. The van der Waals surface area contributed by atoms with Crippen molar-refractivity contribution in [1.82, 2.24) is 0 Å². The average molecular weight is 331 g/mol. The molecule has 0 spiro atoms. The second-order valence-electron chi connectivity index (χ2n) is 3.05. The van der Waals surface area contributed by atoms with Crippen LogP contribution in [0, 0.1) is 0 Å². The molecule has 6 heteroatoms. The van der Waals surface area contributed by atoms with Crippen LogP contribution in [-0.4, -0.2) is 32.8 Å². The predicted molar refractivity (Wildman–Crippen MR) is 48.6 cm³/mol. The van der Waals surface area contributed by atoms with Crippen LogP contribution in [0.1, 0.15) is 0 Å². The molecule has 0 radical (unpaired) electrons. The maximum atomic E-state index is 5.80. The molecule has 2 aliphatic rings. The van der Waals surface area contributed by atoms with E-state index in [9.17, 15) is 0 Å². The minimum absolute atomic E-state index is 0.00664. The molecule has 0 amide bonds. The molecule has 1 fully saturated rings. The quantitative estimate of drug-likeness (QED) is 0.423. The van der Waals surface area contributed by atoms with Crippen LogP contribution in [0.2, 0.25) is 0 Å². The molecular formula is C8H12ClIN2O2. The van der Waals surface area contributed by atoms with Crippen molar-refractivity contribution in [2.24, 2.45) is 4.99 Å². The molecule has 1 saturated heterocycles. The topological polar surface area (TPSA) is 58.5 Å². The van der Waals surface area contributed by atoms with Gasteiger partial charge < -0.3 is 0 Å². The van der Waals surface area contributed by atoms with Gasteiger partial charge in [-0.1, -0.05) is 0 Å². The summed E-state index contributed by atoms with van der Waals surface area (Å²) in [5.74, 6) is 0. The molecule has 3 unspecified atom stereocenters. The third-order valence-corrected chi connectivity index (χ3v) is 4.61. The fraction of sp³-hybridized carbons (Fsp3) is 0.625. The number of halogens is 2. The SMILES string of the molecule is [NH3+]C1C=CC(Cl)=NC1OC1COC[I-]1. The number of nitrogens with zero attached hydrogens (tertiary/aromatic N) is 1. The van der Waals surface area contributed by atoms with Gasteiger partial charge in [0, 0.05) is 0 Å². The predicted octanol–water partition coefficient (Wildman–Crippen LogP) is -3.45. The first-order valence-corrected chi connectivity index (χ1v) is 7.46. The first kappa shape index (κ1) is 10.8. The van der Waals surface area contributed by atoms with E-state index in [0.29, 0.717) is 11.8 Å². The van der Waals surface area contributed by atoms with E-state index >= 15 is 0 Å². The molecule has 0 saturated carbocycles. The van der Waals surface area contributed by atoms with E-state index in [1.807, 2.05) is 6.08 Å². The number of allylic oxidation sites excluding steroid dienone is 1. The normalized spacial score (nSPS) is 37.9. The van der Waals surface area contributed by atoms with Crippen LogP contribution in [0.3, 0.4) is 0 Å². The fourth-order valence-corrected chi connectivity index (χ4v) is 3.31. The van der Waals surface area contributed by atoms with Gasteiger partial charge in [-0.05, 0) is 0 Å². The van der Waals surface area contributed by atoms with Crippen LogP contribution < -0.4 is 26.9 Å². The van der Waals surface area contributed by atoms with E-state index in [4.69, 9.17) is 21.1 Å². The van der Waals surface area contributed by atoms with E-state index in [1.165, 1.54) is 0 Å². The minimum atomic E-state index is -0.223. The molecule has 0 aromatic carbocycles. The zero-order valence-electron chi connectivity index (χ0n) is 7.53. The first-order chi connectivity index (χ1) is 6.75. The summed E-state index contributed by atoms with van der Waals surface area (Å²) < 4.78 is 12.2. The van der Waals surface area contributed by atoms with E-state index < -0.39 is 0 Å². The van der Waals surface area contributed by atoms with Gasteiger partial charge in [-0.3, -0.25) is 0 Å². The summed E-state index contributed by atoms with van der Waals surface area (Å²) in [6, 6.07) is 0.0575. The van der Waals surface area contributed by atoms with Crippen LogP contribution in [0.5, 0.6) is 0 Å². The first-order valence-electron chi connectivity index (χ1n) is 4.31. The molecule has 3 atom stereocenters. The van der Waals surface area contributed by atoms with Crippen LogP contribution in [0.4, 0.5) is 0 Å². The summed E-state index contributed by atoms with van der Waals surface area (Å²) in [4.78, 5) is 4.20. The van der Waals surface area contributed by atoms with Crippen LogP contribution in [0.15, 0.2) is 17.1 Å². The monoisotopic (exact) mass is 330 g/mol. The summed E-state index contributed by atoms with van der Waals surface area (Å²) in [6.45, 7) is 0.702. The van der Waals surface area contributed by atoms with Crippen molar-refractivity contribution in [2.75, 3.05) is 11.2 Å². The van der Waals surface area contributed by atoms with Gasteiger partial charge in [-0.2, -0.15) is 0 Å². The Balaban J connectivity index is 1.93. The van der Waals surface area contributed by atoms with E-state index in [-0.39, 0.29) is 37.6 Å². The number of hydrogen-bond donors (Lipinski definition) is 1.